The summed E-state index contributed by atoms with van der Waals surface area (Å²) in [5, 5.41) is 3.03. The minimum Gasteiger partial charge on any atom is -0.438 e. The predicted molar refractivity (Wildman–Crippen MR) is 77.1 cm³/mol. The molecule has 0 bridgehead atoms. The molecule has 106 valence electrons. The minimum absolute atomic E-state index is 0.138. The first-order valence-corrected chi connectivity index (χ1v) is 7.40. The van der Waals surface area contributed by atoms with Gasteiger partial charge in [0.25, 0.3) is 0 Å². The number of fused-ring (bicyclic) bond motifs is 1. The average molecular weight is 272 g/mol. The van der Waals surface area contributed by atoms with E-state index >= 15 is 0 Å². The SMILES string of the molecule is CC(NC(=O)C1CCCCC1)c1nc2ccccc2o1. The van der Waals surface area contributed by atoms with E-state index in [1.165, 1.54) is 6.42 Å². The molecule has 4 nitrogen and oxygen atoms in total. The number of nitrogens with one attached hydrogen (secondary N) is 1. The number of hydrogen-bond acceptors (Lipinski definition) is 3. The fourth-order valence-corrected chi connectivity index (χ4v) is 2.83. The molecule has 0 saturated heterocycles. The number of hydrogen-bond donors (Lipinski definition) is 1. The molecule has 0 radical (unpaired) electrons. The van der Waals surface area contributed by atoms with Crippen LogP contribution < -0.4 is 5.32 Å². The van der Waals surface area contributed by atoms with Gasteiger partial charge in [-0.05, 0) is 31.9 Å². The highest BCUT2D eigenvalue weighted by Crippen LogP contribution is 2.25. The number of nitrogens with zero attached hydrogens (tertiary/aromatic N) is 1. The zero-order chi connectivity index (χ0) is 13.9. The van der Waals surface area contributed by atoms with Crippen LogP contribution in [0.2, 0.25) is 0 Å². The van der Waals surface area contributed by atoms with Gasteiger partial charge >= 0.3 is 0 Å². The topological polar surface area (TPSA) is 55.1 Å². The van der Waals surface area contributed by atoms with E-state index in [2.05, 4.69) is 10.3 Å². The monoisotopic (exact) mass is 272 g/mol. The summed E-state index contributed by atoms with van der Waals surface area (Å²) in [7, 11) is 0. The van der Waals surface area contributed by atoms with Gasteiger partial charge in [0.2, 0.25) is 11.8 Å². The molecular weight excluding hydrogens is 252 g/mol. The van der Waals surface area contributed by atoms with Crippen LogP contribution in [-0.2, 0) is 4.79 Å². The van der Waals surface area contributed by atoms with Crippen LogP contribution in [-0.4, -0.2) is 10.9 Å². The number of oxazole rings is 1. The molecule has 1 aromatic carbocycles. The zero-order valence-corrected chi connectivity index (χ0v) is 11.8. The van der Waals surface area contributed by atoms with Crippen LogP contribution in [0.25, 0.3) is 11.1 Å². The van der Waals surface area contributed by atoms with Crippen molar-refractivity contribution in [2.24, 2.45) is 5.92 Å². The van der Waals surface area contributed by atoms with Gasteiger partial charge in [-0.25, -0.2) is 4.98 Å². The Morgan fingerprint density at radius 2 is 2.05 bits per heavy atom. The largest absolute Gasteiger partial charge is 0.438 e. The summed E-state index contributed by atoms with van der Waals surface area (Å²) >= 11 is 0. The molecule has 0 aliphatic heterocycles. The molecule has 3 rings (SSSR count). The Morgan fingerprint density at radius 3 is 2.80 bits per heavy atom. The zero-order valence-electron chi connectivity index (χ0n) is 11.8. The van der Waals surface area contributed by atoms with Crippen LogP contribution in [0.3, 0.4) is 0 Å². The van der Waals surface area contributed by atoms with E-state index in [1.54, 1.807) is 0 Å². The van der Waals surface area contributed by atoms with Gasteiger partial charge in [-0.3, -0.25) is 4.79 Å². The number of carbonyl (C=O) groups excluding carboxylic acids is 1. The molecular formula is C16H20N2O2. The van der Waals surface area contributed by atoms with Gasteiger partial charge in [-0.2, -0.15) is 0 Å². The Balaban J connectivity index is 1.68. The summed E-state index contributed by atoms with van der Waals surface area (Å²) in [5.74, 6) is 0.880. The second-order valence-corrected chi connectivity index (χ2v) is 5.59. The first-order valence-electron chi connectivity index (χ1n) is 7.40. The van der Waals surface area contributed by atoms with Gasteiger partial charge in [-0.1, -0.05) is 31.4 Å². The smallest absolute Gasteiger partial charge is 0.223 e. The molecule has 1 aliphatic rings. The number of para-hydroxylation sites is 2. The maximum absolute atomic E-state index is 12.2. The number of carbonyl (C=O) groups is 1. The van der Waals surface area contributed by atoms with E-state index in [9.17, 15) is 4.79 Å². The van der Waals surface area contributed by atoms with E-state index in [0.29, 0.717) is 5.89 Å². The number of amides is 1. The van der Waals surface area contributed by atoms with Crippen LogP contribution in [0.5, 0.6) is 0 Å². The van der Waals surface area contributed by atoms with Crippen LogP contribution in [0.15, 0.2) is 28.7 Å². The predicted octanol–water partition coefficient (Wildman–Crippen LogP) is 3.59. The molecule has 1 aliphatic carbocycles. The highest BCUT2D eigenvalue weighted by Gasteiger charge is 2.24. The van der Waals surface area contributed by atoms with Crippen molar-refractivity contribution in [2.45, 2.75) is 45.1 Å². The third-order valence-corrected chi connectivity index (χ3v) is 4.02. The van der Waals surface area contributed by atoms with E-state index in [1.807, 2.05) is 31.2 Å². The third-order valence-electron chi connectivity index (χ3n) is 4.02. The minimum atomic E-state index is -0.183. The van der Waals surface area contributed by atoms with Crippen molar-refractivity contribution in [3.63, 3.8) is 0 Å². The highest BCUT2D eigenvalue weighted by atomic mass is 16.3. The molecule has 1 aromatic heterocycles. The highest BCUT2D eigenvalue weighted by molar-refractivity contribution is 5.79. The lowest BCUT2D eigenvalue weighted by Gasteiger charge is -2.22. The Bertz CT molecular complexity index is 566. The Hall–Kier alpha value is -1.84. The van der Waals surface area contributed by atoms with Gasteiger partial charge in [0.15, 0.2) is 5.58 Å². The summed E-state index contributed by atoms with van der Waals surface area (Å²) in [4.78, 5) is 16.6. The number of benzene rings is 1. The average Bonchev–Trinajstić information content (AvgIpc) is 2.92. The van der Waals surface area contributed by atoms with Crippen molar-refractivity contribution in [1.29, 1.82) is 0 Å². The van der Waals surface area contributed by atoms with Gasteiger partial charge in [0.05, 0.1) is 0 Å². The summed E-state index contributed by atoms with van der Waals surface area (Å²) in [6.45, 7) is 1.92. The Morgan fingerprint density at radius 1 is 1.30 bits per heavy atom. The van der Waals surface area contributed by atoms with E-state index in [-0.39, 0.29) is 17.9 Å². The van der Waals surface area contributed by atoms with Crippen molar-refractivity contribution in [2.75, 3.05) is 0 Å². The third kappa shape index (κ3) is 2.69. The Kier molecular flexibility index (Phi) is 3.72. The fourth-order valence-electron chi connectivity index (χ4n) is 2.83. The number of aromatic nitrogens is 1. The molecule has 1 fully saturated rings. The van der Waals surface area contributed by atoms with Gasteiger partial charge in [0, 0.05) is 5.92 Å². The summed E-state index contributed by atoms with van der Waals surface area (Å²) in [5.41, 5.74) is 1.60. The molecule has 20 heavy (non-hydrogen) atoms. The lowest BCUT2D eigenvalue weighted by atomic mass is 9.88. The lowest BCUT2D eigenvalue weighted by Crippen LogP contribution is -2.33. The summed E-state index contributed by atoms with van der Waals surface area (Å²) in [6.07, 6.45) is 5.59. The standard InChI is InChI=1S/C16H20N2O2/c1-11(17-15(19)12-7-3-2-4-8-12)16-18-13-9-5-6-10-14(13)20-16/h5-6,9-12H,2-4,7-8H2,1H3,(H,17,19). The van der Waals surface area contributed by atoms with Crippen molar-refractivity contribution in [1.82, 2.24) is 10.3 Å². The maximum atomic E-state index is 12.2. The van der Waals surface area contributed by atoms with Crippen LogP contribution in [0, 0.1) is 5.92 Å². The number of rotatable bonds is 3. The quantitative estimate of drug-likeness (QED) is 0.929. The van der Waals surface area contributed by atoms with Gasteiger partial charge in [-0.15, -0.1) is 0 Å². The van der Waals surface area contributed by atoms with Crippen molar-refractivity contribution in [3.05, 3.63) is 30.2 Å². The van der Waals surface area contributed by atoms with E-state index in [4.69, 9.17) is 4.42 Å². The van der Waals surface area contributed by atoms with E-state index < -0.39 is 0 Å². The van der Waals surface area contributed by atoms with Gasteiger partial charge in [0.1, 0.15) is 11.6 Å². The first kappa shape index (κ1) is 13.2. The molecule has 4 heteroatoms. The van der Waals surface area contributed by atoms with Crippen LogP contribution >= 0.6 is 0 Å². The molecule has 1 saturated carbocycles. The van der Waals surface area contributed by atoms with Gasteiger partial charge < -0.3 is 9.73 Å². The molecule has 2 aromatic rings. The molecule has 1 atom stereocenters. The summed E-state index contributed by atoms with van der Waals surface area (Å²) in [6, 6.07) is 7.47. The normalized spacial score (nSPS) is 18.1. The molecule has 0 spiro atoms. The maximum Gasteiger partial charge on any atom is 0.223 e. The fraction of sp³-hybridized carbons (Fsp3) is 0.500. The van der Waals surface area contributed by atoms with E-state index in [0.717, 1.165) is 36.8 Å². The second-order valence-electron chi connectivity index (χ2n) is 5.59. The molecule has 1 unspecified atom stereocenters. The van der Waals surface area contributed by atoms with Crippen LogP contribution in [0.4, 0.5) is 0 Å². The van der Waals surface area contributed by atoms with Crippen molar-refractivity contribution < 1.29 is 9.21 Å². The van der Waals surface area contributed by atoms with Crippen LogP contribution in [0.1, 0.15) is 51.0 Å². The Labute approximate surface area is 118 Å². The van der Waals surface area contributed by atoms with Crippen molar-refractivity contribution in [3.8, 4) is 0 Å². The first-order chi connectivity index (χ1) is 9.74. The van der Waals surface area contributed by atoms with Crippen molar-refractivity contribution >= 4 is 17.0 Å². The lowest BCUT2D eigenvalue weighted by molar-refractivity contribution is -0.126. The second kappa shape index (κ2) is 5.65. The molecule has 1 amide bonds. The molecule has 1 N–H and O–H groups in total. The summed E-state index contributed by atoms with van der Waals surface area (Å²) < 4.78 is 5.69. The molecule has 1 heterocycles.